The number of hydrogen-bond acceptors (Lipinski definition) is 1. The lowest BCUT2D eigenvalue weighted by molar-refractivity contribution is -0.296. The summed E-state index contributed by atoms with van der Waals surface area (Å²) in [6.45, 7) is 0.716. The summed E-state index contributed by atoms with van der Waals surface area (Å²) in [6.07, 6.45) is -24.5. The molecule has 16 heteroatoms. The molecule has 31 heavy (non-hydrogen) atoms. The van der Waals surface area contributed by atoms with Crippen molar-refractivity contribution in [2.45, 2.75) is 55.7 Å². The lowest BCUT2D eigenvalue weighted by Gasteiger charge is -2.31. The van der Waals surface area contributed by atoms with E-state index in [2.05, 4.69) is 0 Å². The van der Waals surface area contributed by atoms with Crippen LogP contribution in [0.15, 0.2) is 12.1 Å². The molecule has 0 bridgehead atoms. The Hall–Kier alpha value is -1.87. The molecule has 0 fully saturated rings. The first-order chi connectivity index (χ1) is 13.4. The first-order valence-corrected chi connectivity index (χ1v) is 7.65. The summed E-state index contributed by atoms with van der Waals surface area (Å²) in [5, 5.41) is 9.59. The van der Waals surface area contributed by atoms with E-state index in [0.29, 0.717) is 6.92 Å². The molecule has 0 heterocycles. The van der Waals surface area contributed by atoms with Gasteiger partial charge in [0.25, 0.3) is 0 Å². The second-order valence-electron chi connectivity index (χ2n) is 6.13. The first kappa shape index (κ1) is 27.2. The maximum atomic E-state index is 13.9. The Morgan fingerprint density at radius 3 is 1.13 bits per heavy atom. The van der Waals surface area contributed by atoms with Crippen LogP contribution >= 0.6 is 0 Å². The maximum Gasteiger partial charge on any atom is 0.458 e. The van der Waals surface area contributed by atoms with Gasteiger partial charge in [-0.05, 0) is 24.1 Å². The molecular formula is C15H9F15O. The van der Waals surface area contributed by atoms with Crippen molar-refractivity contribution >= 4 is 0 Å². The second kappa shape index (κ2) is 7.62. The van der Waals surface area contributed by atoms with Crippen molar-refractivity contribution in [1.29, 1.82) is 0 Å². The largest absolute Gasteiger partial charge is 0.458 e. The highest BCUT2D eigenvalue weighted by Crippen LogP contribution is 2.54. The molecule has 0 aromatic heterocycles. The fourth-order valence-corrected chi connectivity index (χ4v) is 2.39. The van der Waals surface area contributed by atoms with Gasteiger partial charge in [-0.3, -0.25) is 0 Å². The number of aliphatic hydroxyl groups excluding tert-OH is 1. The number of benzene rings is 1. The van der Waals surface area contributed by atoms with Crippen molar-refractivity contribution in [2.75, 3.05) is 0 Å². The van der Waals surface area contributed by atoms with Crippen LogP contribution < -0.4 is 0 Å². The average Bonchev–Trinajstić information content (AvgIpc) is 2.56. The van der Waals surface area contributed by atoms with Crippen LogP contribution in [0.1, 0.15) is 41.7 Å². The Balaban J connectivity index is 4.31. The molecule has 1 aromatic carbocycles. The van der Waals surface area contributed by atoms with Gasteiger partial charge in [-0.15, -0.1) is 0 Å². The third-order valence-electron chi connectivity index (χ3n) is 4.01. The third kappa shape index (κ3) is 4.53. The van der Waals surface area contributed by atoms with Crippen LogP contribution in [0, 0.1) is 0 Å². The highest BCUT2D eigenvalue weighted by Gasteiger charge is 2.66. The molecule has 0 aliphatic carbocycles. The smallest absolute Gasteiger partial charge is 0.388 e. The van der Waals surface area contributed by atoms with Gasteiger partial charge in [-0.1, -0.05) is 6.92 Å². The predicted molar refractivity (Wildman–Crippen MR) is 71.5 cm³/mol. The topological polar surface area (TPSA) is 20.2 Å². The van der Waals surface area contributed by atoms with E-state index in [9.17, 15) is 71.0 Å². The van der Waals surface area contributed by atoms with Crippen LogP contribution in [-0.2, 0) is 17.8 Å². The fourth-order valence-electron chi connectivity index (χ4n) is 2.39. The molecule has 0 amide bonds. The van der Waals surface area contributed by atoms with Crippen molar-refractivity contribution in [1.82, 2.24) is 0 Å². The monoisotopic (exact) mass is 490 g/mol. The summed E-state index contributed by atoms with van der Waals surface area (Å²) in [5.41, 5.74) is -11.7. The zero-order valence-electron chi connectivity index (χ0n) is 14.6. The van der Waals surface area contributed by atoms with Crippen LogP contribution in [-0.4, -0.2) is 23.6 Å². The van der Waals surface area contributed by atoms with Gasteiger partial charge in [0, 0.05) is 16.7 Å². The highest BCUT2D eigenvalue weighted by molar-refractivity contribution is 5.48. The maximum absolute atomic E-state index is 13.9. The van der Waals surface area contributed by atoms with Gasteiger partial charge < -0.3 is 5.11 Å². The molecule has 1 N–H and O–H groups in total. The van der Waals surface area contributed by atoms with Crippen LogP contribution in [0.3, 0.4) is 0 Å². The van der Waals surface area contributed by atoms with Crippen LogP contribution in [0.4, 0.5) is 65.9 Å². The number of alkyl halides is 15. The van der Waals surface area contributed by atoms with Crippen LogP contribution in [0.5, 0.6) is 0 Å². The molecule has 1 rings (SSSR count). The number of halogens is 15. The summed E-state index contributed by atoms with van der Waals surface area (Å²) in [5.74, 6) is -19.4. The van der Waals surface area contributed by atoms with E-state index in [1.807, 2.05) is 0 Å². The van der Waals surface area contributed by atoms with Crippen molar-refractivity contribution in [3.05, 3.63) is 34.4 Å². The van der Waals surface area contributed by atoms with Crippen molar-refractivity contribution in [2.24, 2.45) is 0 Å². The summed E-state index contributed by atoms with van der Waals surface area (Å²) in [7, 11) is 0. The molecular weight excluding hydrogens is 481 g/mol. The van der Waals surface area contributed by atoms with Gasteiger partial charge in [0.05, 0.1) is 6.10 Å². The molecule has 1 nitrogen and oxygen atoms in total. The molecule has 180 valence electrons. The highest BCUT2D eigenvalue weighted by atomic mass is 19.4. The van der Waals surface area contributed by atoms with Gasteiger partial charge >= 0.3 is 36.3 Å². The van der Waals surface area contributed by atoms with Gasteiger partial charge in [-0.25, -0.2) is 0 Å². The van der Waals surface area contributed by atoms with Gasteiger partial charge in [0.2, 0.25) is 0 Å². The summed E-state index contributed by atoms with van der Waals surface area (Å²) in [4.78, 5) is 0. The molecule has 0 radical (unpaired) electrons. The zero-order valence-corrected chi connectivity index (χ0v) is 14.6. The SMILES string of the molecule is CCC(O)c1c(C(F)(F)C(F)(F)F)cc(C(F)(F)C(F)(F)F)cc1C(F)(F)C(F)(F)F. The summed E-state index contributed by atoms with van der Waals surface area (Å²) in [6, 6.07) is -2.41. The van der Waals surface area contributed by atoms with E-state index in [4.69, 9.17) is 0 Å². The Morgan fingerprint density at radius 1 is 0.613 bits per heavy atom. The standard InChI is InChI=1S/C15H9F15O/c1-2-8(31)9-6(11(18,19)14(25,26)27)3-5(10(16,17)13(22,23)24)4-7(9)12(20,21)15(28,29)30/h3-4,8,31H,2H2,1H3. The van der Waals surface area contributed by atoms with E-state index in [1.54, 1.807) is 0 Å². The number of aliphatic hydroxyl groups is 1. The molecule has 1 aromatic rings. The third-order valence-corrected chi connectivity index (χ3v) is 4.01. The predicted octanol–water partition coefficient (Wildman–Crippen LogP) is 7.09. The second-order valence-corrected chi connectivity index (χ2v) is 6.13. The van der Waals surface area contributed by atoms with E-state index in [0.717, 1.165) is 0 Å². The Morgan fingerprint density at radius 2 is 0.903 bits per heavy atom. The van der Waals surface area contributed by atoms with E-state index >= 15 is 0 Å². The van der Waals surface area contributed by atoms with Crippen LogP contribution in [0.25, 0.3) is 0 Å². The van der Waals surface area contributed by atoms with Gasteiger partial charge in [0.1, 0.15) is 0 Å². The Labute approximate surface area is 162 Å². The van der Waals surface area contributed by atoms with Gasteiger partial charge in [-0.2, -0.15) is 65.9 Å². The minimum absolute atomic E-state index is 0.716. The van der Waals surface area contributed by atoms with Crippen molar-refractivity contribution in [3.8, 4) is 0 Å². The summed E-state index contributed by atoms with van der Waals surface area (Å²) < 4.78 is 197. The Kier molecular flexibility index (Phi) is 6.68. The van der Waals surface area contributed by atoms with E-state index in [1.165, 1.54) is 0 Å². The number of rotatable bonds is 5. The quantitative estimate of drug-likeness (QED) is 0.437. The molecule has 1 atom stereocenters. The molecule has 0 saturated heterocycles. The Bertz CT molecular complexity index is 753. The lowest BCUT2D eigenvalue weighted by atomic mass is 9.85. The molecule has 0 spiro atoms. The minimum Gasteiger partial charge on any atom is -0.388 e. The molecule has 0 aliphatic rings. The van der Waals surface area contributed by atoms with Gasteiger partial charge in [0.15, 0.2) is 0 Å². The van der Waals surface area contributed by atoms with E-state index in [-0.39, 0.29) is 0 Å². The summed E-state index contributed by atoms with van der Waals surface area (Å²) >= 11 is 0. The van der Waals surface area contributed by atoms with E-state index < -0.39 is 83.2 Å². The average molecular weight is 490 g/mol. The molecule has 1 unspecified atom stereocenters. The normalized spacial score (nSPS) is 15.9. The molecule has 0 aliphatic heterocycles. The fraction of sp³-hybridized carbons (Fsp3) is 0.600. The lowest BCUT2D eigenvalue weighted by Crippen LogP contribution is -2.41. The number of hydrogen-bond donors (Lipinski definition) is 1. The van der Waals surface area contributed by atoms with Crippen molar-refractivity contribution < 1.29 is 71.0 Å². The zero-order chi connectivity index (χ0) is 25.0. The minimum atomic E-state index is -6.83. The first-order valence-electron chi connectivity index (χ1n) is 7.65. The van der Waals surface area contributed by atoms with Crippen LogP contribution in [0.2, 0.25) is 0 Å². The molecule has 0 saturated carbocycles. The van der Waals surface area contributed by atoms with Crippen molar-refractivity contribution in [3.63, 3.8) is 0 Å².